The highest BCUT2D eigenvalue weighted by atomic mass is 79.9. The van der Waals surface area contributed by atoms with Gasteiger partial charge in [0.15, 0.2) is 11.5 Å². The van der Waals surface area contributed by atoms with Crippen LogP contribution in [0.2, 0.25) is 0 Å². The molecule has 12 nitrogen and oxygen atoms in total. The first kappa shape index (κ1) is 40.4. The lowest BCUT2D eigenvalue weighted by Crippen LogP contribution is -2.47. The maximum Gasteiger partial charge on any atom is 0.356 e. The highest BCUT2D eigenvalue weighted by molar-refractivity contribution is 9.10. The van der Waals surface area contributed by atoms with E-state index in [4.69, 9.17) is 18.9 Å². The van der Waals surface area contributed by atoms with Crippen molar-refractivity contribution >= 4 is 45.6 Å². The van der Waals surface area contributed by atoms with Crippen molar-refractivity contribution in [3.05, 3.63) is 101 Å². The van der Waals surface area contributed by atoms with Gasteiger partial charge in [-0.2, -0.15) is 0 Å². The van der Waals surface area contributed by atoms with Gasteiger partial charge in [-0.1, -0.05) is 0 Å². The van der Waals surface area contributed by atoms with Gasteiger partial charge in [0, 0.05) is 11.6 Å². The first-order valence-corrected chi connectivity index (χ1v) is 16.9. The molecule has 0 saturated carbocycles. The zero-order valence-corrected chi connectivity index (χ0v) is 32.3. The van der Waals surface area contributed by atoms with Crippen molar-refractivity contribution in [3.63, 3.8) is 0 Å². The van der Waals surface area contributed by atoms with Crippen molar-refractivity contribution in [2.45, 2.75) is 74.6 Å². The number of aliphatic hydroxyl groups is 1. The molecule has 0 spiro atoms. The van der Waals surface area contributed by atoms with Crippen molar-refractivity contribution in [1.29, 1.82) is 0 Å². The molecule has 0 heterocycles. The van der Waals surface area contributed by atoms with Crippen LogP contribution in [0, 0.1) is 55.4 Å². The molecule has 3 aromatic rings. The maximum absolute atomic E-state index is 14.2. The van der Waals surface area contributed by atoms with E-state index in [-0.39, 0.29) is 72.0 Å². The quantitative estimate of drug-likeness (QED) is 0.150. The number of halogens is 2. The Labute approximate surface area is 313 Å². The number of carboxylic acid groups (broad SMARTS) is 1. The van der Waals surface area contributed by atoms with E-state index in [1.54, 1.807) is 34.6 Å². The number of ketones is 1. The Morgan fingerprint density at radius 3 is 1.87 bits per heavy atom. The minimum Gasteiger partial charge on any atom is -0.506 e. The summed E-state index contributed by atoms with van der Waals surface area (Å²) in [5, 5.41) is 32.1. The third-order valence-electron chi connectivity index (χ3n) is 9.77. The number of phenolic OH excluding ortho intramolecular Hbond substituents is 1. The fourth-order valence-corrected chi connectivity index (χ4v) is 6.85. The number of carboxylic acids is 1. The molecule has 0 aliphatic heterocycles. The topological polar surface area (TPSA) is 183 Å². The molecule has 53 heavy (non-hydrogen) atoms. The van der Waals surface area contributed by atoms with Crippen molar-refractivity contribution in [2.24, 2.45) is 0 Å². The van der Waals surface area contributed by atoms with E-state index >= 15 is 0 Å². The fraction of sp³-hybridized carbons (Fsp3) is 0.308. The number of phenols is 1. The minimum absolute atomic E-state index is 0.0537. The standard InChI is InChI=1S/C39H38BrFO12/c1-15-11-26(17(3)18(4)28(15)36(46)52-33-21(7)19(5)29(35(44)45)23(9)25(33)14-41)51-37(47)30-20(6)22(8)34(31(40)32(30)43)53-38(48)39(49)16(2)12-24(42)13-27(39)50-10/h11-13,43,49H,14H2,1-10H3,(H,44,45)/t39-/m1/s1. The van der Waals surface area contributed by atoms with Crippen LogP contribution in [0.5, 0.6) is 23.0 Å². The number of methoxy groups -OCH3 is 1. The summed E-state index contributed by atoms with van der Waals surface area (Å²) < 4.78 is 36.1. The van der Waals surface area contributed by atoms with E-state index in [1.165, 1.54) is 40.9 Å². The second-order valence-electron chi connectivity index (χ2n) is 12.8. The molecule has 0 aromatic heterocycles. The van der Waals surface area contributed by atoms with Gasteiger partial charge in [0.25, 0.3) is 0 Å². The molecular formula is C39H38BrFO12. The third kappa shape index (κ3) is 6.84. The highest BCUT2D eigenvalue weighted by Crippen LogP contribution is 2.44. The molecule has 1 aliphatic carbocycles. The predicted octanol–water partition coefficient (Wildman–Crippen LogP) is 6.92. The summed E-state index contributed by atoms with van der Waals surface area (Å²) in [5.41, 5.74) is -0.511. The van der Waals surface area contributed by atoms with Crippen molar-refractivity contribution in [2.75, 3.05) is 7.11 Å². The normalized spacial score (nSPS) is 15.4. The fourth-order valence-electron chi connectivity index (χ4n) is 6.28. The molecule has 280 valence electrons. The summed E-state index contributed by atoms with van der Waals surface area (Å²) in [6.07, 6.45) is 2.01. The van der Waals surface area contributed by atoms with Gasteiger partial charge >= 0.3 is 23.9 Å². The number of alkyl halides is 1. The zero-order valence-electron chi connectivity index (χ0n) is 30.7. The van der Waals surface area contributed by atoms with Crippen LogP contribution in [-0.2, 0) is 21.0 Å². The van der Waals surface area contributed by atoms with Crippen LogP contribution >= 0.6 is 15.9 Å². The largest absolute Gasteiger partial charge is 0.506 e. The summed E-state index contributed by atoms with van der Waals surface area (Å²) >= 11 is 3.19. The number of benzene rings is 3. The number of aryl methyl sites for hydroxylation is 1. The Kier molecular flexibility index (Phi) is 11.4. The second kappa shape index (κ2) is 15.0. The number of esters is 3. The molecule has 4 rings (SSSR count). The van der Waals surface area contributed by atoms with E-state index in [9.17, 15) is 43.7 Å². The van der Waals surface area contributed by atoms with E-state index in [2.05, 4.69) is 15.9 Å². The van der Waals surface area contributed by atoms with Crippen LogP contribution in [-0.4, -0.2) is 57.7 Å². The number of hydrogen-bond acceptors (Lipinski definition) is 11. The molecule has 0 saturated heterocycles. The first-order chi connectivity index (χ1) is 24.6. The summed E-state index contributed by atoms with van der Waals surface area (Å²) in [5.74, 6) is -6.01. The van der Waals surface area contributed by atoms with Crippen molar-refractivity contribution in [1.82, 2.24) is 0 Å². The number of aromatic carboxylic acids is 1. The Hall–Kier alpha value is -5.34. The molecular weight excluding hydrogens is 759 g/mol. The first-order valence-electron chi connectivity index (χ1n) is 16.1. The summed E-state index contributed by atoms with van der Waals surface area (Å²) in [6.45, 7) is 12.6. The average molecular weight is 798 g/mol. The van der Waals surface area contributed by atoms with Gasteiger partial charge in [-0.05, 0) is 140 Å². The number of allylic oxidation sites excluding steroid dienone is 2. The molecule has 0 unspecified atom stereocenters. The van der Waals surface area contributed by atoms with E-state index in [0.29, 0.717) is 27.8 Å². The Bertz CT molecular complexity index is 2190. The molecule has 0 fully saturated rings. The number of carbonyl (C=O) groups is 5. The smallest absolute Gasteiger partial charge is 0.356 e. The monoisotopic (exact) mass is 796 g/mol. The van der Waals surface area contributed by atoms with Crippen LogP contribution in [0.1, 0.15) is 88.1 Å². The average Bonchev–Trinajstić information content (AvgIpc) is 3.08. The number of ether oxygens (including phenoxy) is 4. The van der Waals surface area contributed by atoms with Gasteiger partial charge in [-0.3, -0.25) is 4.79 Å². The second-order valence-corrected chi connectivity index (χ2v) is 13.5. The lowest BCUT2D eigenvalue weighted by molar-refractivity contribution is -0.151. The number of hydrogen-bond donors (Lipinski definition) is 3. The SMILES string of the molecule is COC1=CC(=O)C=C(C)[C@]1(O)C(=O)Oc1c(C)c(C)c(C(=O)Oc2cc(C)c(C(=O)Oc3c(C)c(C)c(C(=O)O)c(C)c3CF)c(C)c2C)c(O)c1Br. The van der Waals surface area contributed by atoms with Gasteiger partial charge in [0.05, 0.1) is 18.2 Å². The molecule has 3 aromatic carbocycles. The van der Waals surface area contributed by atoms with Crippen molar-refractivity contribution in [3.8, 4) is 23.0 Å². The van der Waals surface area contributed by atoms with Gasteiger partial charge < -0.3 is 34.3 Å². The Balaban J connectivity index is 1.67. The van der Waals surface area contributed by atoms with Crippen LogP contribution < -0.4 is 14.2 Å². The van der Waals surface area contributed by atoms with Gasteiger partial charge in [-0.15, -0.1) is 0 Å². The minimum atomic E-state index is -2.45. The molecule has 3 N–H and O–H groups in total. The number of carbonyl (C=O) groups excluding carboxylic acids is 4. The Morgan fingerprint density at radius 2 is 1.30 bits per heavy atom. The highest BCUT2D eigenvalue weighted by Gasteiger charge is 2.48. The van der Waals surface area contributed by atoms with Crippen LogP contribution in [0.4, 0.5) is 4.39 Å². The molecule has 0 bridgehead atoms. The predicted molar refractivity (Wildman–Crippen MR) is 193 cm³/mol. The third-order valence-corrected chi connectivity index (χ3v) is 10.5. The van der Waals surface area contributed by atoms with Crippen LogP contribution in [0.25, 0.3) is 0 Å². The summed E-state index contributed by atoms with van der Waals surface area (Å²) in [4.78, 5) is 64.4. The molecule has 14 heteroatoms. The summed E-state index contributed by atoms with van der Waals surface area (Å²) in [6, 6.07) is 1.43. The van der Waals surface area contributed by atoms with Crippen molar-refractivity contribution < 1.29 is 62.6 Å². The van der Waals surface area contributed by atoms with Gasteiger partial charge in [-0.25, -0.2) is 23.6 Å². The van der Waals surface area contributed by atoms with E-state index in [1.807, 2.05) is 0 Å². The van der Waals surface area contributed by atoms with E-state index in [0.717, 1.165) is 12.2 Å². The lowest BCUT2D eigenvalue weighted by atomic mass is 9.87. The maximum atomic E-state index is 14.2. The van der Waals surface area contributed by atoms with Gasteiger partial charge in [0.2, 0.25) is 5.60 Å². The zero-order chi connectivity index (χ0) is 40.0. The molecule has 0 amide bonds. The molecule has 0 radical (unpaired) electrons. The Morgan fingerprint density at radius 1 is 0.755 bits per heavy atom. The number of rotatable bonds is 9. The number of aromatic hydroxyl groups is 1. The van der Waals surface area contributed by atoms with Crippen LogP contribution in [0.15, 0.2) is 34.0 Å². The lowest BCUT2D eigenvalue weighted by Gasteiger charge is -2.30. The summed E-state index contributed by atoms with van der Waals surface area (Å²) in [7, 11) is 1.17. The molecule has 1 atom stereocenters. The molecule has 1 aliphatic rings. The van der Waals surface area contributed by atoms with Gasteiger partial charge in [0.1, 0.15) is 39.7 Å². The van der Waals surface area contributed by atoms with Crippen LogP contribution in [0.3, 0.4) is 0 Å². The van der Waals surface area contributed by atoms with E-state index < -0.39 is 47.7 Å².